The van der Waals surface area contributed by atoms with E-state index in [0.717, 1.165) is 17.8 Å². The molecule has 0 saturated carbocycles. The highest BCUT2D eigenvalue weighted by Crippen LogP contribution is 2.11. The van der Waals surface area contributed by atoms with E-state index in [1.54, 1.807) is 24.3 Å². The second-order valence-corrected chi connectivity index (χ2v) is 6.74. The summed E-state index contributed by atoms with van der Waals surface area (Å²) in [4.78, 5) is 15.6. The minimum Gasteiger partial charge on any atom is -0.345 e. The lowest BCUT2D eigenvalue weighted by Gasteiger charge is -2.01. The van der Waals surface area contributed by atoms with Gasteiger partial charge in [-0.25, -0.2) is 13.4 Å². The van der Waals surface area contributed by atoms with Crippen molar-refractivity contribution in [3.8, 4) is 0 Å². The van der Waals surface area contributed by atoms with E-state index in [1.165, 1.54) is 0 Å². The Morgan fingerprint density at radius 1 is 1.32 bits per heavy atom. The van der Waals surface area contributed by atoms with Gasteiger partial charge in [-0.1, -0.05) is 18.2 Å². The number of nitrogens with one attached hydrogen (secondary N) is 1. The van der Waals surface area contributed by atoms with E-state index in [0.29, 0.717) is 5.56 Å². The van der Waals surface area contributed by atoms with Crippen molar-refractivity contribution in [1.82, 2.24) is 14.7 Å². The third-order valence-corrected chi connectivity index (χ3v) is 4.62. The number of rotatable bonds is 4. The molecule has 2 aromatic rings. The molecule has 0 aliphatic carbocycles. The molecule has 19 heavy (non-hydrogen) atoms. The topological polar surface area (TPSA) is 89.0 Å². The fourth-order valence-electron chi connectivity index (χ4n) is 1.31. The fourth-order valence-corrected chi connectivity index (χ4v) is 2.67. The number of carbonyl (C=O) groups is 1. The summed E-state index contributed by atoms with van der Waals surface area (Å²) in [5, 5.41) is 2.63. The highest BCUT2D eigenvalue weighted by atomic mass is 32.2. The molecule has 1 heterocycles. The number of aromatic nitrogens is 2. The lowest BCUT2D eigenvalue weighted by atomic mass is 10.2. The van der Waals surface area contributed by atoms with Crippen molar-refractivity contribution in [2.24, 2.45) is 0 Å². The summed E-state index contributed by atoms with van der Waals surface area (Å²) in [6, 6.07) is 8.71. The van der Waals surface area contributed by atoms with Gasteiger partial charge in [-0.05, 0) is 23.7 Å². The van der Waals surface area contributed by atoms with Gasteiger partial charge in [0.1, 0.15) is 0 Å². The molecule has 1 N–H and O–H groups in total. The van der Waals surface area contributed by atoms with Crippen LogP contribution in [0.4, 0.5) is 0 Å². The molecule has 6 nitrogen and oxygen atoms in total. The van der Waals surface area contributed by atoms with Gasteiger partial charge >= 0.3 is 0 Å². The zero-order valence-corrected chi connectivity index (χ0v) is 11.7. The van der Waals surface area contributed by atoms with E-state index < -0.39 is 9.84 Å². The highest BCUT2D eigenvalue weighted by Gasteiger charge is 2.14. The molecule has 1 aromatic carbocycles. The van der Waals surface area contributed by atoms with E-state index in [9.17, 15) is 13.2 Å². The summed E-state index contributed by atoms with van der Waals surface area (Å²) in [6.45, 7) is 0.0970. The molecular weight excluding hydrogens is 286 g/mol. The maximum atomic E-state index is 11.7. The first-order valence-electron chi connectivity index (χ1n) is 5.33. The third kappa shape index (κ3) is 3.58. The van der Waals surface area contributed by atoms with Crippen LogP contribution in [-0.2, 0) is 16.4 Å². The average molecular weight is 297 g/mol. The Balaban J connectivity index is 2.00. The fraction of sp³-hybridized carbons (Fsp3) is 0.182. The second kappa shape index (κ2) is 5.45. The number of amides is 1. The van der Waals surface area contributed by atoms with Crippen molar-refractivity contribution in [3.05, 3.63) is 41.7 Å². The Morgan fingerprint density at radius 3 is 2.58 bits per heavy atom. The first-order chi connectivity index (χ1) is 8.97. The molecule has 0 unspecified atom stereocenters. The number of hydrogen-bond acceptors (Lipinski definition) is 6. The number of hydrogen-bond donors (Lipinski definition) is 1. The van der Waals surface area contributed by atoms with Crippen molar-refractivity contribution in [2.45, 2.75) is 10.9 Å². The van der Waals surface area contributed by atoms with Gasteiger partial charge in [-0.15, -0.1) is 0 Å². The smallest absolute Gasteiger partial charge is 0.251 e. The SMILES string of the molecule is CS(=O)(=O)c1nc(CNC(=O)c2ccccc2)ns1. The van der Waals surface area contributed by atoms with Crippen molar-refractivity contribution in [2.75, 3.05) is 6.26 Å². The van der Waals surface area contributed by atoms with Crippen LogP contribution in [0.15, 0.2) is 34.7 Å². The van der Waals surface area contributed by atoms with Crippen LogP contribution >= 0.6 is 11.5 Å². The molecule has 1 amide bonds. The van der Waals surface area contributed by atoms with Crippen LogP contribution in [-0.4, -0.2) is 29.9 Å². The van der Waals surface area contributed by atoms with Crippen LogP contribution in [0.2, 0.25) is 0 Å². The Labute approximate surface area is 114 Å². The summed E-state index contributed by atoms with van der Waals surface area (Å²) >= 11 is 0.804. The molecule has 2 rings (SSSR count). The van der Waals surface area contributed by atoms with Crippen LogP contribution < -0.4 is 5.32 Å². The summed E-state index contributed by atoms with van der Waals surface area (Å²) in [5.74, 6) is 0.0333. The zero-order valence-electron chi connectivity index (χ0n) is 10.0. The van der Waals surface area contributed by atoms with Gasteiger partial charge in [-0.2, -0.15) is 4.37 Å². The van der Waals surface area contributed by atoms with Crippen molar-refractivity contribution < 1.29 is 13.2 Å². The predicted octanol–water partition coefficient (Wildman–Crippen LogP) is 0.872. The predicted molar refractivity (Wildman–Crippen MR) is 70.6 cm³/mol. The Kier molecular flexibility index (Phi) is 3.91. The monoisotopic (exact) mass is 297 g/mol. The van der Waals surface area contributed by atoms with Crippen LogP contribution in [0.1, 0.15) is 16.2 Å². The molecule has 0 bridgehead atoms. The summed E-state index contributed by atoms with van der Waals surface area (Å²) in [7, 11) is -3.34. The third-order valence-electron chi connectivity index (χ3n) is 2.21. The van der Waals surface area contributed by atoms with E-state index in [2.05, 4.69) is 14.7 Å². The molecule has 8 heteroatoms. The number of sulfone groups is 1. The molecule has 0 radical (unpaired) electrons. The Hall–Kier alpha value is -1.80. The highest BCUT2D eigenvalue weighted by molar-refractivity contribution is 7.92. The number of nitrogens with zero attached hydrogens (tertiary/aromatic N) is 2. The van der Waals surface area contributed by atoms with Crippen molar-refractivity contribution in [3.63, 3.8) is 0 Å². The molecule has 100 valence electrons. The zero-order chi connectivity index (χ0) is 13.9. The molecule has 0 aliphatic rings. The van der Waals surface area contributed by atoms with Crippen LogP contribution in [0, 0.1) is 0 Å². The number of benzene rings is 1. The number of carbonyl (C=O) groups excluding carboxylic acids is 1. The van der Waals surface area contributed by atoms with Gasteiger partial charge in [0.25, 0.3) is 5.91 Å². The minimum atomic E-state index is -3.34. The molecule has 1 aromatic heterocycles. The first kappa shape index (κ1) is 13.6. The Bertz CT molecular complexity index is 680. The molecular formula is C11H11N3O3S2. The van der Waals surface area contributed by atoms with Crippen molar-refractivity contribution >= 4 is 27.3 Å². The second-order valence-electron chi connectivity index (χ2n) is 3.80. The molecule has 0 spiro atoms. The Morgan fingerprint density at radius 2 is 2.00 bits per heavy atom. The van der Waals surface area contributed by atoms with E-state index in [1.807, 2.05) is 6.07 Å². The van der Waals surface area contributed by atoms with Crippen LogP contribution in [0.5, 0.6) is 0 Å². The van der Waals surface area contributed by atoms with E-state index in [4.69, 9.17) is 0 Å². The maximum Gasteiger partial charge on any atom is 0.251 e. The normalized spacial score (nSPS) is 11.2. The van der Waals surface area contributed by atoms with Gasteiger partial charge in [-0.3, -0.25) is 4.79 Å². The first-order valence-corrected chi connectivity index (χ1v) is 7.99. The largest absolute Gasteiger partial charge is 0.345 e. The molecule has 0 fully saturated rings. The van der Waals surface area contributed by atoms with Gasteiger partial charge in [0.15, 0.2) is 5.82 Å². The quantitative estimate of drug-likeness (QED) is 0.904. The maximum absolute atomic E-state index is 11.7. The molecule has 0 atom stereocenters. The van der Waals surface area contributed by atoms with Gasteiger partial charge < -0.3 is 5.32 Å². The lowest BCUT2D eigenvalue weighted by molar-refractivity contribution is 0.0950. The lowest BCUT2D eigenvalue weighted by Crippen LogP contribution is -2.23. The van der Waals surface area contributed by atoms with E-state index >= 15 is 0 Å². The van der Waals surface area contributed by atoms with Crippen LogP contribution in [0.3, 0.4) is 0 Å². The van der Waals surface area contributed by atoms with Gasteiger partial charge in [0.05, 0.1) is 6.54 Å². The molecule has 0 aliphatic heterocycles. The van der Waals surface area contributed by atoms with Gasteiger partial charge in [0.2, 0.25) is 14.2 Å². The summed E-state index contributed by atoms with van der Waals surface area (Å²) in [6.07, 6.45) is 1.07. The van der Waals surface area contributed by atoms with Crippen molar-refractivity contribution in [1.29, 1.82) is 0 Å². The van der Waals surface area contributed by atoms with E-state index in [-0.39, 0.29) is 22.6 Å². The van der Waals surface area contributed by atoms with Crippen LogP contribution in [0.25, 0.3) is 0 Å². The molecule has 0 saturated heterocycles. The standard InChI is InChI=1S/C11H11N3O3S2/c1-19(16,17)11-13-9(14-18-11)7-12-10(15)8-5-3-2-4-6-8/h2-6H,7H2,1H3,(H,12,15). The summed E-state index contributed by atoms with van der Waals surface area (Å²) in [5.41, 5.74) is 0.529. The average Bonchev–Trinajstić information content (AvgIpc) is 2.86. The minimum absolute atomic E-state index is 0.0449. The van der Waals surface area contributed by atoms with Gasteiger partial charge in [0, 0.05) is 11.8 Å². The summed E-state index contributed by atoms with van der Waals surface area (Å²) < 4.78 is 26.3.